The highest BCUT2D eigenvalue weighted by molar-refractivity contribution is 5.99. The molecule has 3 heterocycles. The van der Waals surface area contributed by atoms with Crippen LogP contribution in [0.1, 0.15) is 32.6 Å². The Balaban J connectivity index is 1.48. The predicted molar refractivity (Wildman–Crippen MR) is 131 cm³/mol. The molecule has 0 aliphatic carbocycles. The highest BCUT2D eigenvalue weighted by atomic mass is 19.1. The van der Waals surface area contributed by atoms with Crippen molar-refractivity contribution in [2.24, 2.45) is 5.73 Å². The third-order valence-electron chi connectivity index (χ3n) is 6.23. The lowest BCUT2D eigenvalue weighted by Crippen LogP contribution is -2.44. The van der Waals surface area contributed by atoms with Crippen LogP contribution in [-0.4, -0.2) is 63.9 Å². The molecular formula is C26H25FN6O3. The zero-order valence-corrected chi connectivity index (χ0v) is 19.4. The van der Waals surface area contributed by atoms with Crippen molar-refractivity contribution >= 4 is 17.5 Å². The Hall–Kier alpha value is -4.15. The van der Waals surface area contributed by atoms with Gasteiger partial charge < -0.3 is 15.8 Å². The van der Waals surface area contributed by atoms with Crippen LogP contribution in [0, 0.1) is 5.82 Å². The highest BCUT2D eigenvalue weighted by Crippen LogP contribution is 2.24. The summed E-state index contributed by atoms with van der Waals surface area (Å²) in [5.74, 6) is -1.42. The van der Waals surface area contributed by atoms with Crippen molar-refractivity contribution in [3.8, 4) is 11.3 Å². The first kappa shape index (κ1) is 23.6. The minimum Gasteiger partial charge on any atom is -0.379 e. The van der Waals surface area contributed by atoms with Crippen molar-refractivity contribution in [2.75, 3.05) is 32.8 Å². The molecular weight excluding hydrogens is 463 g/mol. The zero-order chi connectivity index (χ0) is 25.1. The van der Waals surface area contributed by atoms with Crippen LogP contribution in [0.2, 0.25) is 0 Å². The molecule has 2 aromatic heterocycles. The largest absolute Gasteiger partial charge is 0.379 e. The number of fused-ring (bicyclic) bond motifs is 1. The van der Waals surface area contributed by atoms with E-state index in [4.69, 9.17) is 10.5 Å². The van der Waals surface area contributed by atoms with Gasteiger partial charge in [-0.25, -0.2) is 14.4 Å². The van der Waals surface area contributed by atoms with Crippen LogP contribution < -0.4 is 11.1 Å². The molecule has 2 amide bonds. The Morgan fingerprint density at radius 1 is 1.08 bits per heavy atom. The second kappa shape index (κ2) is 10.2. The van der Waals surface area contributed by atoms with E-state index in [9.17, 15) is 14.0 Å². The Kier molecular flexibility index (Phi) is 6.70. The van der Waals surface area contributed by atoms with E-state index in [2.05, 4.69) is 20.2 Å². The molecule has 0 bridgehead atoms. The maximum Gasteiger partial charge on any atom is 0.271 e. The van der Waals surface area contributed by atoms with Gasteiger partial charge in [0.2, 0.25) is 0 Å². The van der Waals surface area contributed by atoms with Crippen molar-refractivity contribution in [3.05, 3.63) is 89.8 Å². The Labute approximate surface area is 206 Å². The van der Waals surface area contributed by atoms with E-state index in [-0.39, 0.29) is 41.3 Å². The second-order valence-corrected chi connectivity index (χ2v) is 8.47. The van der Waals surface area contributed by atoms with Gasteiger partial charge in [0.15, 0.2) is 11.3 Å². The minimum absolute atomic E-state index is 0.0145. The van der Waals surface area contributed by atoms with Gasteiger partial charge in [-0.3, -0.25) is 18.9 Å². The summed E-state index contributed by atoms with van der Waals surface area (Å²) in [5, 5.41) is 3.01. The molecule has 1 saturated heterocycles. The van der Waals surface area contributed by atoms with Crippen molar-refractivity contribution in [2.45, 2.75) is 6.04 Å². The number of nitrogens with two attached hydrogens (primary N) is 1. The number of primary amides is 1. The number of halogens is 1. The smallest absolute Gasteiger partial charge is 0.271 e. The average Bonchev–Trinajstić information content (AvgIpc) is 3.35. The summed E-state index contributed by atoms with van der Waals surface area (Å²) in [5.41, 5.74) is 8.14. The van der Waals surface area contributed by atoms with Gasteiger partial charge in [0.05, 0.1) is 24.9 Å². The van der Waals surface area contributed by atoms with Crippen molar-refractivity contribution in [1.29, 1.82) is 0 Å². The number of carbonyl (C=O) groups is 2. The number of carbonyl (C=O) groups excluding carboxylic acids is 2. The predicted octanol–water partition coefficient (Wildman–Crippen LogP) is 2.44. The van der Waals surface area contributed by atoms with Gasteiger partial charge in [0, 0.05) is 25.2 Å². The van der Waals surface area contributed by atoms with Gasteiger partial charge >= 0.3 is 0 Å². The topological polar surface area (TPSA) is 115 Å². The Morgan fingerprint density at radius 2 is 1.81 bits per heavy atom. The number of aromatic nitrogens is 3. The fraction of sp³-hybridized carbons (Fsp3) is 0.231. The number of imidazole rings is 1. The standard InChI is InChI=1S/C26H25FN6O3/c27-19-8-6-18(7-9-19)22(32-10-12-36-13-11-32)15-29-26(35)21-14-20(17-4-2-1-3-5-17)31-25-23(24(28)34)30-16-33(21)25/h1-9,14,16,22H,10-13,15H2,(H2,28,34)(H,29,35)/t22-/m1/s1. The monoisotopic (exact) mass is 488 g/mol. The van der Waals surface area contributed by atoms with Gasteiger partial charge in [-0.05, 0) is 23.8 Å². The molecule has 2 aromatic carbocycles. The van der Waals surface area contributed by atoms with E-state index >= 15 is 0 Å². The molecule has 1 aliphatic heterocycles. The molecule has 10 heteroatoms. The first-order chi connectivity index (χ1) is 17.5. The van der Waals surface area contributed by atoms with Crippen LogP contribution in [0.5, 0.6) is 0 Å². The molecule has 3 N–H and O–H groups in total. The third kappa shape index (κ3) is 4.81. The summed E-state index contributed by atoms with van der Waals surface area (Å²) in [6.45, 7) is 2.84. The maximum absolute atomic E-state index is 13.6. The number of rotatable bonds is 7. The summed E-state index contributed by atoms with van der Waals surface area (Å²) in [6, 6.07) is 17.1. The zero-order valence-electron chi connectivity index (χ0n) is 19.4. The first-order valence-electron chi connectivity index (χ1n) is 11.6. The SMILES string of the molecule is NC(=O)c1ncn2c(C(=O)NC[C@H](c3ccc(F)cc3)N3CCOCC3)cc(-c3ccccc3)nc12. The number of nitrogens with zero attached hydrogens (tertiary/aromatic N) is 4. The lowest BCUT2D eigenvalue weighted by Gasteiger charge is -2.35. The Bertz CT molecular complexity index is 1380. The minimum atomic E-state index is -0.731. The summed E-state index contributed by atoms with van der Waals surface area (Å²) < 4.78 is 20.5. The lowest BCUT2D eigenvalue weighted by molar-refractivity contribution is 0.0162. The van der Waals surface area contributed by atoms with Gasteiger partial charge in [0.25, 0.3) is 11.8 Å². The van der Waals surface area contributed by atoms with Crippen LogP contribution >= 0.6 is 0 Å². The van der Waals surface area contributed by atoms with Gasteiger partial charge in [-0.2, -0.15) is 0 Å². The number of hydrogen-bond donors (Lipinski definition) is 2. The van der Waals surface area contributed by atoms with E-state index < -0.39 is 5.91 Å². The molecule has 0 unspecified atom stereocenters. The van der Waals surface area contributed by atoms with E-state index in [0.717, 1.165) is 11.1 Å². The quantitative estimate of drug-likeness (QED) is 0.413. The molecule has 36 heavy (non-hydrogen) atoms. The molecule has 0 saturated carbocycles. The lowest BCUT2D eigenvalue weighted by atomic mass is 10.0. The second-order valence-electron chi connectivity index (χ2n) is 8.47. The number of ether oxygens (including phenoxy) is 1. The molecule has 1 aliphatic rings. The van der Waals surface area contributed by atoms with Crippen LogP contribution in [0.3, 0.4) is 0 Å². The van der Waals surface area contributed by atoms with E-state index in [1.165, 1.54) is 22.9 Å². The molecule has 1 atom stereocenters. The molecule has 1 fully saturated rings. The molecule has 5 rings (SSSR count). The summed E-state index contributed by atoms with van der Waals surface area (Å²) >= 11 is 0. The highest BCUT2D eigenvalue weighted by Gasteiger charge is 2.25. The first-order valence-corrected chi connectivity index (χ1v) is 11.6. The van der Waals surface area contributed by atoms with Crippen LogP contribution in [0.15, 0.2) is 67.0 Å². The summed E-state index contributed by atoms with van der Waals surface area (Å²) in [7, 11) is 0. The summed E-state index contributed by atoms with van der Waals surface area (Å²) in [6.07, 6.45) is 1.37. The molecule has 4 aromatic rings. The van der Waals surface area contributed by atoms with Gasteiger partial charge in [-0.1, -0.05) is 42.5 Å². The normalized spacial score (nSPS) is 15.0. The van der Waals surface area contributed by atoms with E-state index in [0.29, 0.717) is 32.0 Å². The van der Waals surface area contributed by atoms with Gasteiger partial charge in [-0.15, -0.1) is 0 Å². The number of hydrogen-bond acceptors (Lipinski definition) is 6. The molecule has 0 radical (unpaired) electrons. The van der Waals surface area contributed by atoms with Crippen LogP contribution in [0.4, 0.5) is 4.39 Å². The Morgan fingerprint density at radius 3 is 2.50 bits per heavy atom. The molecule has 9 nitrogen and oxygen atoms in total. The van der Waals surface area contributed by atoms with E-state index in [1.807, 2.05) is 30.3 Å². The van der Waals surface area contributed by atoms with Crippen LogP contribution in [0.25, 0.3) is 16.9 Å². The van der Waals surface area contributed by atoms with Crippen molar-refractivity contribution in [1.82, 2.24) is 24.6 Å². The molecule has 0 spiro atoms. The third-order valence-corrected chi connectivity index (χ3v) is 6.23. The fourth-order valence-electron chi connectivity index (χ4n) is 4.39. The molecule has 184 valence electrons. The average molecular weight is 489 g/mol. The fourth-order valence-corrected chi connectivity index (χ4v) is 4.39. The summed E-state index contributed by atoms with van der Waals surface area (Å²) in [4.78, 5) is 36.3. The van der Waals surface area contributed by atoms with Crippen molar-refractivity contribution < 1.29 is 18.7 Å². The number of morpholine rings is 1. The van der Waals surface area contributed by atoms with E-state index in [1.54, 1.807) is 18.2 Å². The number of benzene rings is 2. The number of amides is 2. The van der Waals surface area contributed by atoms with Crippen molar-refractivity contribution in [3.63, 3.8) is 0 Å². The number of nitrogens with one attached hydrogen (secondary N) is 1. The maximum atomic E-state index is 13.6. The van der Waals surface area contributed by atoms with Crippen LogP contribution in [-0.2, 0) is 4.74 Å². The van der Waals surface area contributed by atoms with Gasteiger partial charge in [0.1, 0.15) is 17.8 Å².